The Labute approximate surface area is 87.1 Å². The summed E-state index contributed by atoms with van der Waals surface area (Å²) < 4.78 is 0. The summed E-state index contributed by atoms with van der Waals surface area (Å²) in [6.45, 7) is 2.27. The van der Waals surface area contributed by atoms with Gasteiger partial charge in [-0.1, -0.05) is 19.7 Å². The van der Waals surface area contributed by atoms with Crippen molar-refractivity contribution in [2.24, 2.45) is 11.8 Å². The van der Waals surface area contributed by atoms with Gasteiger partial charge in [-0.2, -0.15) is 0 Å². The first kappa shape index (κ1) is 10.1. The van der Waals surface area contributed by atoms with Crippen LogP contribution >= 0.6 is 0 Å². The van der Waals surface area contributed by atoms with Crippen LogP contribution in [-0.2, 0) is 4.79 Å². The van der Waals surface area contributed by atoms with Gasteiger partial charge in [0.1, 0.15) is 7.28 Å². The summed E-state index contributed by atoms with van der Waals surface area (Å²) in [5.74, 6) is 2.11. The van der Waals surface area contributed by atoms with Gasteiger partial charge in [0, 0.05) is 11.9 Å². The Morgan fingerprint density at radius 2 is 2.14 bits per heavy atom. The predicted octanol–water partition coefficient (Wildman–Crippen LogP) is 1.51. The van der Waals surface area contributed by atoms with Crippen LogP contribution in [0.25, 0.3) is 0 Å². The van der Waals surface area contributed by atoms with E-state index in [2.05, 4.69) is 12.2 Å². The number of carbonyl (C=O) groups excluding carboxylic acids is 1. The first-order chi connectivity index (χ1) is 6.79. The Bertz CT molecular complexity index is 207. The van der Waals surface area contributed by atoms with Crippen LogP contribution < -0.4 is 5.32 Å². The Hall–Kier alpha value is -0.465. The Morgan fingerprint density at radius 1 is 1.36 bits per heavy atom. The highest BCUT2D eigenvalue weighted by Crippen LogP contribution is 2.29. The van der Waals surface area contributed by atoms with Crippen molar-refractivity contribution in [3.63, 3.8) is 0 Å². The normalized spacial score (nSPS) is 32.1. The van der Waals surface area contributed by atoms with E-state index in [-0.39, 0.29) is 0 Å². The van der Waals surface area contributed by atoms with Crippen molar-refractivity contribution < 1.29 is 4.79 Å². The second kappa shape index (κ2) is 4.37. The van der Waals surface area contributed by atoms with Gasteiger partial charge in [0.25, 0.3) is 0 Å². The number of amides is 1. The molecule has 1 aliphatic carbocycles. The Balaban J connectivity index is 1.69. The SMILES string of the molecule is CCC1CBC(NC(=O)C2CC2)CC1. The van der Waals surface area contributed by atoms with Gasteiger partial charge in [0.15, 0.2) is 0 Å². The van der Waals surface area contributed by atoms with Gasteiger partial charge < -0.3 is 5.32 Å². The monoisotopic (exact) mass is 193 g/mol. The van der Waals surface area contributed by atoms with Crippen molar-refractivity contribution in [3.05, 3.63) is 0 Å². The number of hydrogen-bond acceptors (Lipinski definition) is 1. The zero-order valence-electron chi connectivity index (χ0n) is 9.09. The van der Waals surface area contributed by atoms with Crippen LogP contribution in [0.1, 0.15) is 39.0 Å². The maximum absolute atomic E-state index is 11.5. The summed E-state index contributed by atoms with van der Waals surface area (Å²) in [5.41, 5.74) is 0. The molecule has 0 radical (unpaired) electrons. The molecule has 78 valence electrons. The van der Waals surface area contributed by atoms with E-state index in [0.29, 0.717) is 17.8 Å². The lowest BCUT2D eigenvalue weighted by Crippen LogP contribution is -2.42. The molecule has 1 saturated heterocycles. The second-order valence-electron chi connectivity index (χ2n) is 4.91. The molecule has 2 nitrogen and oxygen atoms in total. The zero-order valence-corrected chi connectivity index (χ0v) is 9.09. The van der Waals surface area contributed by atoms with E-state index in [0.717, 1.165) is 18.8 Å². The predicted molar refractivity (Wildman–Crippen MR) is 59.6 cm³/mol. The third kappa shape index (κ3) is 2.52. The van der Waals surface area contributed by atoms with Gasteiger partial charge in [0.05, 0.1) is 0 Å². The van der Waals surface area contributed by atoms with Gasteiger partial charge in [-0.25, -0.2) is 0 Å². The van der Waals surface area contributed by atoms with Crippen LogP contribution in [0, 0.1) is 11.8 Å². The second-order valence-corrected chi connectivity index (χ2v) is 4.91. The molecule has 0 bridgehead atoms. The van der Waals surface area contributed by atoms with Crippen molar-refractivity contribution >= 4 is 13.2 Å². The van der Waals surface area contributed by atoms with E-state index in [1.807, 2.05) is 0 Å². The molecule has 3 heteroatoms. The highest BCUT2D eigenvalue weighted by atomic mass is 16.2. The van der Waals surface area contributed by atoms with E-state index in [4.69, 9.17) is 0 Å². The first-order valence-corrected chi connectivity index (χ1v) is 6.10. The molecule has 0 aromatic heterocycles. The van der Waals surface area contributed by atoms with Crippen LogP contribution in [0.4, 0.5) is 0 Å². The fourth-order valence-corrected chi connectivity index (χ4v) is 2.38. The minimum absolute atomic E-state index is 0.324. The van der Waals surface area contributed by atoms with Gasteiger partial charge in [-0.05, 0) is 31.6 Å². The van der Waals surface area contributed by atoms with Crippen molar-refractivity contribution in [2.75, 3.05) is 0 Å². The molecule has 2 aliphatic rings. The van der Waals surface area contributed by atoms with Crippen molar-refractivity contribution in [3.8, 4) is 0 Å². The molecule has 0 aromatic carbocycles. The molecule has 2 unspecified atom stereocenters. The van der Waals surface area contributed by atoms with Gasteiger partial charge in [0.2, 0.25) is 5.91 Å². The highest BCUT2D eigenvalue weighted by molar-refractivity contribution is 6.38. The van der Waals surface area contributed by atoms with Crippen LogP contribution in [0.5, 0.6) is 0 Å². The molecule has 1 saturated carbocycles. The summed E-state index contributed by atoms with van der Waals surface area (Å²) in [6, 6.07) is 0. The van der Waals surface area contributed by atoms with Gasteiger partial charge >= 0.3 is 0 Å². The zero-order chi connectivity index (χ0) is 9.97. The molecule has 1 N–H and O–H groups in total. The lowest BCUT2D eigenvalue weighted by atomic mass is 9.56. The molecular formula is C11H20BNO. The number of hydrogen-bond donors (Lipinski definition) is 1. The standard InChI is InChI=1S/C11H20BNO/c1-2-8-3-6-10(12-7-8)13-11(14)9-4-5-9/h8-10,12H,2-7H2,1H3,(H,13,14). The van der Waals surface area contributed by atoms with E-state index < -0.39 is 0 Å². The molecule has 2 fully saturated rings. The van der Waals surface area contributed by atoms with Crippen LogP contribution in [0.2, 0.25) is 6.32 Å². The molecular weight excluding hydrogens is 173 g/mol. The van der Waals surface area contributed by atoms with E-state index >= 15 is 0 Å². The van der Waals surface area contributed by atoms with Crippen molar-refractivity contribution in [1.82, 2.24) is 5.32 Å². The highest BCUT2D eigenvalue weighted by Gasteiger charge is 2.31. The average Bonchev–Trinajstić information content (AvgIpc) is 3.02. The fourth-order valence-electron chi connectivity index (χ4n) is 2.38. The molecule has 1 heterocycles. The van der Waals surface area contributed by atoms with Crippen molar-refractivity contribution in [2.45, 2.75) is 51.3 Å². The lowest BCUT2D eigenvalue weighted by Gasteiger charge is -2.27. The average molecular weight is 193 g/mol. The minimum Gasteiger partial charge on any atom is -0.361 e. The summed E-state index contributed by atoms with van der Waals surface area (Å²) in [6.07, 6.45) is 7.38. The first-order valence-electron chi connectivity index (χ1n) is 6.10. The summed E-state index contributed by atoms with van der Waals surface area (Å²) in [4.78, 5) is 11.5. The summed E-state index contributed by atoms with van der Waals surface area (Å²) in [5, 5.41) is 3.19. The maximum Gasteiger partial charge on any atom is 0.222 e. The van der Waals surface area contributed by atoms with Gasteiger partial charge in [-0.3, -0.25) is 4.79 Å². The van der Waals surface area contributed by atoms with E-state index in [1.54, 1.807) is 0 Å². The van der Waals surface area contributed by atoms with Crippen molar-refractivity contribution in [1.29, 1.82) is 0 Å². The lowest BCUT2D eigenvalue weighted by molar-refractivity contribution is -0.122. The molecule has 2 rings (SSSR count). The molecule has 2 atom stereocenters. The number of carbonyl (C=O) groups is 1. The molecule has 0 aromatic rings. The van der Waals surface area contributed by atoms with Crippen LogP contribution in [0.15, 0.2) is 0 Å². The molecule has 1 amide bonds. The Kier molecular flexibility index (Phi) is 3.14. The Morgan fingerprint density at radius 3 is 2.64 bits per heavy atom. The number of rotatable bonds is 3. The van der Waals surface area contributed by atoms with Crippen LogP contribution in [0.3, 0.4) is 0 Å². The third-order valence-electron chi connectivity index (χ3n) is 3.72. The smallest absolute Gasteiger partial charge is 0.222 e. The number of nitrogens with one attached hydrogen (secondary N) is 1. The minimum atomic E-state index is 0.324. The largest absolute Gasteiger partial charge is 0.361 e. The molecule has 1 aliphatic heterocycles. The molecule has 14 heavy (non-hydrogen) atoms. The summed E-state index contributed by atoms with van der Waals surface area (Å²) in [7, 11) is 1.21. The quantitative estimate of drug-likeness (QED) is 0.676. The molecule has 0 spiro atoms. The van der Waals surface area contributed by atoms with Crippen LogP contribution in [-0.4, -0.2) is 19.1 Å². The third-order valence-corrected chi connectivity index (χ3v) is 3.72. The summed E-state index contributed by atoms with van der Waals surface area (Å²) >= 11 is 0. The fraction of sp³-hybridized carbons (Fsp3) is 0.909. The van der Waals surface area contributed by atoms with Gasteiger partial charge in [-0.15, -0.1) is 0 Å². The topological polar surface area (TPSA) is 29.1 Å². The maximum atomic E-state index is 11.5. The van der Waals surface area contributed by atoms with E-state index in [1.165, 1.54) is 32.9 Å². The van der Waals surface area contributed by atoms with E-state index in [9.17, 15) is 4.79 Å².